The molecule has 2 aromatic rings. The number of fused-ring (bicyclic) bond motifs is 1. The average molecular weight is 317 g/mol. The van der Waals surface area contributed by atoms with E-state index in [1.54, 1.807) is 12.1 Å². The van der Waals surface area contributed by atoms with Gasteiger partial charge >= 0.3 is 0 Å². The monoisotopic (exact) mass is 317 g/mol. The van der Waals surface area contributed by atoms with Gasteiger partial charge < -0.3 is 15.2 Å². The van der Waals surface area contributed by atoms with E-state index < -0.39 is 5.91 Å². The van der Waals surface area contributed by atoms with Crippen molar-refractivity contribution in [3.05, 3.63) is 46.6 Å². The minimum absolute atomic E-state index is 0.0964. The highest BCUT2D eigenvalue weighted by atomic mass is 19.1. The molecule has 0 aliphatic carbocycles. The van der Waals surface area contributed by atoms with Crippen LogP contribution in [0.25, 0.3) is 0 Å². The molecular weight excluding hydrogens is 297 g/mol. The predicted octanol–water partition coefficient (Wildman–Crippen LogP) is 3.23. The third kappa shape index (κ3) is 3.12. The summed E-state index contributed by atoms with van der Waals surface area (Å²) in [5, 5.41) is 9.68. The molecule has 0 fully saturated rings. The van der Waals surface area contributed by atoms with Crippen molar-refractivity contribution in [2.75, 3.05) is 11.9 Å². The molecule has 0 spiro atoms. The summed E-state index contributed by atoms with van der Waals surface area (Å²) in [7, 11) is 0. The van der Waals surface area contributed by atoms with Gasteiger partial charge in [0, 0.05) is 18.5 Å². The molecule has 1 aromatic carbocycles. The number of aromatic nitrogens is 1. The Kier molecular flexibility index (Phi) is 4.43. The van der Waals surface area contributed by atoms with Crippen LogP contribution in [-0.2, 0) is 13.0 Å². The lowest BCUT2D eigenvalue weighted by Crippen LogP contribution is -2.25. The highest BCUT2D eigenvalue weighted by molar-refractivity contribution is 6.02. The molecule has 1 aromatic heterocycles. The fraction of sp³-hybridized carbons (Fsp3) is 0.412. The summed E-state index contributed by atoms with van der Waals surface area (Å²) >= 11 is 0. The number of hydrogen-bond acceptors (Lipinski definition) is 4. The van der Waals surface area contributed by atoms with E-state index in [4.69, 9.17) is 4.52 Å². The molecule has 0 saturated carbocycles. The molecule has 5 nitrogen and oxygen atoms in total. The van der Waals surface area contributed by atoms with E-state index in [9.17, 15) is 9.18 Å². The quantitative estimate of drug-likeness (QED) is 0.908. The van der Waals surface area contributed by atoms with Crippen molar-refractivity contribution < 1.29 is 13.7 Å². The van der Waals surface area contributed by atoms with Gasteiger partial charge in [-0.15, -0.1) is 0 Å². The Bertz CT molecular complexity index is 727. The van der Waals surface area contributed by atoms with Crippen molar-refractivity contribution in [3.8, 4) is 0 Å². The minimum atomic E-state index is -0.486. The highest BCUT2D eigenvalue weighted by Gasteiger charge is 2.20. The summed E-state index contributed by atoms with van der Waals surface area (Å²) in [4.78, 5) is 12.2. The summed E-state index contributed by atoms with van der Waals surface area (Å²) < 4.78 is 19.6. The molecule has 0 radical (unpaired) electrons. The molecule has 1 atom stereocenters. The van der Waals surface area contributed by atoms with Crippen LogP contribution >= 0.6 is 0 Å². The first kappa shape index (κ1) is 15.7. The molecule has 1 aliphatic heterocycles. The Morgan fingerprint density at radius 1 is 1.52 bits per heavy atom. The number of nitrogens with zero attached hydrogens (tertiary/aromatic N) is 1. The zero-order valence-corrected chi connectivity index (χ0v) is 13.3. The molecule has 1 aliphatic rings. The zero-order valence-electron chi connectivity index (χ0n) is 13.3. The van der Waals surface area contributed by atoms with Crippen molar-refractivity contribution in [1.29, 1.82) is 0 Å². The Morgan fingerprint density at radius 2 is 2.35 bits per heavy atom. The first-order chi connectivity index (χ1) is 11.1. The van der Waals surface area contributed by atoms with Crippen molar-refractivity contribution >= 4 is 11.6 Å². The van der Waals surface area contributed by atoms with Gasteiger partial charge in [0.2, 0.25) is 5.76 Å². The summed E-state index contributed by atoms with van der Waals surface area (Å²) in [6, 6.07) is 5.04. The van der Waals surface area contributed by atoms with Gasteiger partial charge in [0.1, 0.15) is 5.82 Å². The number of hydrogen-bond donors (Lipinski definition) is 2. The number of halogens is 1. The van der Waals surface area contributed by atoms with Crippen molar-refractivity contribution in [3.63, 3.8) is 0 Å². The third-order valence-electron chi connectivity index (χ3n) is 4.33. The second-order valence-corrected chi connectivity index (χ2v) is 5.87. The smallest absolute Gasteiger partial charge is 0.294 e. The van der Waals surface area contributed by atoms with E-state index in [2.05, 4.69) is 15.8 Å². The van der Waals surface area contributed by atoms with Gasteiger partial charge in [0.15, 0.2) is 0 Å². The Labute approximate surface area is 134 Å². The van der Waals surface area contributed by atoms with Gasteiger partial charge in [-0.05, 0) is 36.6 Å². The number of amides is 1. The SMILES string of the molecule is CCC(C)c1cc(C(=O)Nc2ccc3c(c2F)CCNC3)on1. The van der Waals surface area contributed by atoms with Crippen LogP contribution in [0.5, 0.6) is 0 Å². The minimum Gasteiger partial charge on any atom is -0.351 e. The highest BCUT2D eigenvalue weighted by Crippen LogP contribution is 2.25. The molecule has 3 rings (SSSR count). The predicted molar refractivity (Wildman–Crippen MR) is 85.0 cm³/mol. The Hall–Kier alpha value is -2.21. The van der Waals surface area contributed by atoms with E-state index in [1.807, 2.05) is 19.9 Å². The average Bonchev–Trinajstić information content (AvgIpc) is 3.07. The fourth-order valence-electron chi connectivity index (χ4n) is 2.65. The number of nitrogens with one attached hydrogen (secondary N) is 2. The second-order valence-electron chi connectivity index (χ2n) is 5.87. The van der Waals surface area contributed by atoms with Crippen LogP contribution in [0.15, 0.2) is 22.7 Å². The topological polar surface area (TPSA) is 67.2 Å². The first-order valence-corrected chi connectivity index (χ1v) is 7.89. The van der Waals surface area contributed by atoms with E-state index in [-0.39, 0.29) is 23.2 Å². The molecule has 122 valence electrons. The standard InChI is InChI=1S/C17H20FN3O2/c1-3-10(2)14-8-15(23-21-14)17(22)20-13-5-4-11-9-19-7-6-12(11)16(13)18/h4-5,8,10,19H,3,6-7,9H2,1-2H3,(H,20,22). The van der Waals surface area contributed by atoms with E-state index >= 15 is 0 Å². The van der Waals surface area contributed by atoms with Crippen LogP contribution in [0.1, 0.15) is 53.6 Å². The van der Waals surface area contributed by atoms with E-state index in [0.29, 0.717) is 18.5 Å². The lowest BCUT2D eigenvalue weighted by atomic mass is 9.99. The van der Waals surface area contributed by atoms with Crippen LogP contribution in [0.4, 0.5) is 10.1 Å². The Balaban J connectivity index is 1.79. The van der Waals surface area contributed by atoms with Gasteiger partial charge in [0.05, 0.1) is 11.4 Å². The largest absolute Gasteiger partial charge is 0.351 e. The van der Waals surface area contributed by atoms with Crippen LogP contribution in [-0.4, -0.2) is 17.6 Å². The van der Waals surface area contributed by atoms with Crippen LogP contribution in [0.2, 0.25) is 0 Å². The van der Waals surface area contributed by atoms with Gasteiger partial charge in [0.25, 0.3) is 5.91 Å². The normalized spacial score (nSPS) is 15.1. The second kappa shape index (κ2) is 6.50. The first-order valence-electron chi connectivity index (χ1n) is 7.89. The van der Waals surface area contributed by atoms with Crippen molar-refractivity contribution in [2.24, 2.45) is 0 Å². The molecule has 23 heavy (non-hydrogen) atoms. The van der Waals surface area contributed by atoms with Gasteiger partial charge in [-0.25, -0.2) is 4.39 Å². The van der Waals surface area contributed by atoms with Crippen molar-refractivity contribution in [2.45, 2.75) is 39.2 Å². The van der Waals surface area contributed by atoms with Crippen LogP contribution < -0.4 is 10.6 Å². The summed E-state index contributed by atoms with van der Waals surface area (Å²) in [6.07, 6.45) is 1.52. The fourth-order valence-corrected chi connectivity index (χ4v) is 2.65. The lowest BCUT2D eigenvalue weighted by Gasteiger charge is -2.19. The molecule has 1 amide bonds. The van der Waals surface area contributed by atoms with E-state index in [0.717, 1.165) is 24.2 Å². The van der Waals surface area contributed by atoms with E-state index in [1.165, 1.54) is 0 Å². The molecule has 2 heterocycles. The van der Waals surface area contributed by atoms with Gasteiger partial charge in [-0.1, -0.05) is 25.1 Å². The molecule has 0 bridgehead atoms. The number of carbonyl (C=O) groups is 1. The van der Waals surface area contributed by atoms with Crippen LogP contribution in [0.3, 0.4) is 0 Å². The maximum Gasteiger partial charge on any atom is 0.294 e. The number of benzene rings is 1. The summed E-state index contributed by atoms with van der Waals surface area (Å²) in [5.74, 6) is -0.536. The van der Waals surface area contributed by atoms with Crippen molar-refractivity contribution in [1.82, 2.24) is 10.5 Å². The molecular formula is C17H20FN3O2. The van der Waals surface area contributed by atoms with Gasteiger partial charge in [-0.2, -0.15) is 0 Å². The summed E-state index contributed by atoms with van der Waals surface area (Å²) in [6.45, 7) is 5.44. The maximum absolute atomic E-state index is 14.5. The molecule has 6 heteroatoms. The maximum atomic E-state index is 14.5. The lowest BCUT2D eigenvalue weighted by molar-refractivity contribution is 0.0987. The van der Waals surface area contributed by atoms with Crippen LogP contribution in [0, 0.1) is 5.82 Å². The number of anilines is 1. The van der Waals surface area contributed by atoms with Gasteiger partial charge in [-0.3, -0.25) is 4.79 Å². The zero-order chi connectivity index (χ0) is 16.4. The summed E-state index contributed by atoms with van der Waals surface area (Å²) in [5.41, 5.74) is 2.51. The molecule has 1 unspecified atom stereocenters. The molecule has 0 saturated heterocycles. The third-order valence-corrected chi connectivity index (χ3v) is 4.33. The Morgan fingerprint density at radius 3 is 3.13 bits per heavy atom. The number of rotatable bonds is 4. The number of carbonyl (C=O) groups excluding carboxylic acids is 1. The molecule has 2 N–H and O–H groups in total.